The van der Waals surface area contributed by atoms with Gasteiger partial charge in [-0.2, -0.15) is 0 Å². The van der Waals surface area contributed by atoms with E-state index in [1.165, 1.54) is 11.8 Å². The zero-order chi connectivity index (χ0) is 16.1. The first-order chi connectivity index (χ1) is 10.5. The number of morpholine rings is 1. The molecular formula is C14H22N2O6. The van der Waals surface area contributed by atoms with Crippen LogP contribution in [-0.2, 0) is 23.9 Å². The number of carboxylic acid groups (broad SMARTS) is 1. The Labute approximate surface area is 128 Å². The minimum absolute atomic E-state index is 0.0431. The maximum Gasteiger partial charge on any atom is 0.323 e. The average molecular weight is 314 g/mol. The third kappa shape index (κ3) is 4.41. The average Bonchev–Trinajstić information content (AvgIpc) is 2.99. The molecule has 2 unspecified atom stereocenters. The van der Waals surface area contributed by atoms with Crippen LogP contribution < -0.4 is 0 Å². The molecule has 0 saturated carbocycles. The zero-order valence-corrected chi connectivity index (χ0v) is 12.7. The number of carbonyl (C=O) groups is 3. The Morgan fingerprint density at radius 3 is 2.64 bits per heavy atom. The SMILES string of the molecule is CC(=O)N(CC(=O)O)CC1CN(C(=O)C2CCCO2)CCO1. The van der Waals surface area contributed by atoms with Crippen LogP contribution in [0.1, 0.15) is 19.8 Å². The number of carbonyl (C=O) groups excluding carboxylic acids is 2. The Morgan fingerprint density at radius 2 is 2.05 bits per heavy atom. The molecule has 0 spiro atoms. The number of nitrogens with zero attached hydrogens (tertiary/aromatic N) is 2. The lowest BCUT2D eigenvalue weighted by molar-refractivity contribution is -0.152. The van der Waals surface area contributed by atoms with E-state index in [0.29, 0.717) is 26.3 Å². The lowest BCUT2D eigenvalue weighted by Gasteiger charge is -2.36. The summed E-state index contributed by atoms with van der Waals surface area (Å²) in [4.78, 5) is 37.5. The fourth-order valence-electron chi connectivity index (χ4n) is 2.72. The Kier molecular flexibility index (Phi) is 5.73. The van der Waals surface area contributed by atoms with Crippen molar-refractivity contribution in [2.45, 2.75) is 32.0 Å². The molecule has 0 aliphatic carbocycles. The molecule has 0 aromatic rings. The third-order valence-electron chi connectivity index (χ3n) is 3.85. The molecule has 2 atom stereocenters. The molecule has 0 aromatic heterocycles. The van der Waals surface area contributed by atoms with Gasteiger partial charge in [0, 0.05) is 33.2 Å². The van der Waals surface area contributed by atoms with E-state index in [0.717, 1.165) is 12.8 Å². The molecule has 0 bridgehead atoms. The highest BCUT2D eigenvalue weighted by Crippen LogP contribution is 2.17. The van der Waals surface area contributed by atoms with Gasteiger partial charge in [0.15, 0.2) is 0 Å². The van der Waals surface area contributed by atoms with E-state index in [1.54, 1.807) is 4.90 Å². The Bertz CT molecular complexity index is 435. The van der Waals surface area contributed by atoms with E-state index in [-0.39, 0.29) is 37.1 Å². The highest BCUT2D eigenvalue weighted by Gasteiger charge is 2.32. The van der Waals surface area contributed by atoms with Crippen molar-refractivity contribution >= 4 is 17.8 Å². The number of carboxylic acids is 1. The molecule has 2 heterocycles. The van der Waals surface area contributed by atoms with Crippen molar-refractivity contribution in [3.05, 3.63) is 0 Å². The second-order valence-electron chi connectivity index (χ2n) is 5.57. The Morgan fingerprint density at radius 1 is 1.27 bits per heavy atom. The highest BCUT2D eigenvalue weighted by molar-refractivity contribution is 5.81. The molecular weight excluding hydrogens is 292 g/mol. The molecule has 0 aromatic carbocycles. The minimum Gasteiger partial charge on any atom is -0.480 e. The van der Waals surface area contributed by atoms with Crippen LogP contribution in [0.3, 0.4) is 0 Å². The van der Waals surface area contributed by atoms with Gasteiger partial charge in [-0.05, 0) is 12.8 Å². The van der Waals surface area contributed by atoms with Crippen molar-refractivity contribution in [1.29, 1.82) is 0 Å². The van der Waals surface area contributed by atoms with Gasteiger partial charge in [-0.25, -0.2) is 0 Å². The number of ether oxygens (including phenoxy) is 2. The molecule has 2 saturated heterocycles. The smallest absolute Gasteiger partial charge is 0.323 e. The van der Waals surface area contributed by atoms with E-state index < -0.39 is 5.97 Å². The summed E-state index contributed by atoms with van der Waals surface area (Å²) in [7, 11) is 0. The normalized spacial score (nSPS) is 25.0. The van der Waals surface area contributed by atoms with Crippen LogP contribution >= 0.6 is 0 Å². The van der Waals surface area contributed by atoms with E-state index >= 15 is 0 Å². The quantitative estimate of drug-likeness (QED) is 0.723. The number of amides is 2. The molecule has 2 aliphatic rings. The van der Waals surface area contributed by atoms with Gasteiger partial charge < -0.3 is 24.4 Å². The molecule has 0 radical (unpaired) electrons. The second kappa shape index (κ2) is 7.55. The fourth-order valence-corrected chi connectivity index (χ4v) is 2.72. The van der Waals surface area contributed by atoms with Gasteiger partial charge in [-0.15, -0.1) is 0 Å². The van der Waals surface area contributed by atoms with Crippen LogP contribution in [-0.4, -0.2) is 84.3 Å². The molecule has 124 valence electrons. The maximum absolute atomic E-state index is 12.3. The topological polar surface area (TPSA) is 96.4 Å². The van der Waals surface area contributed by atoms with E-state index in [9.17, 15) is 14.4 Å². The van der Waals surface area contributed by atoms with Crippen LogP contribution in [0.5, 0.6) is 0 Å². The molecule has 2 aliphatic heterocycles. The van der Waals surface area contributed by atoms with Crippen molar-refractivity contribution in [2.24, 2.45) is 0 Å². The predicted molar refractivity (Wildman–Crippen MR) is 75.2 cm³/mol. The molecule has 2 rings (SSSR count). The lowest BCUT2D eigenvalue weighted by atomic mass is 10.2. The highest BCUT2D eigenvalue weighted by atomic mass is 16.5. The van der Waals surface area contributed by atoms with Crippen LogP contribution in [0.15, 0.2) is 0 Å². The predicted octanol–water partition coefficient (Wildman–Crippen LogP) is -0.674. The standard InChI is InChI=1S/C14H22N2O6/c1-10(17)16(9-13(18)19)8-11-7-15(4-6-21-11)14(20)12-3-2-5-22-12/h11-12H,2-9H2,1H3,(H,18,19). The van der Waals surface area contributed by atoms with Gasteiger partial charge in [0.2, 0.25) is 5.91 Å². The molecule has 8 heteroatoms. The summed E-state index contributed by atoms with van der Waals surface area (Å²) in [5.41, 5.74) is 0. The van der Waals surface area contributed by atoms with Crippen molar-refractivity contribution in [3.8, 4) is 0 Å². The van der Waals surface area contributed by atoms with Gasteiger partial charge in [0.05, 0.1) is 12.7 Å². The molecule has 2 amide bonds. The summed E-state index contributed by atoms with van der Waals surface area (Å²) in [6.45, 7) is 2.95. The van der Waals surface area contributed by atoms with Crippen LogP contribution in [0, 0.1) is 0 Å². The van der Waals surface area contributed by atoms with Crippen molar-refractivity contribution in [1.82, 2.24) is 9.80 Å². The Hall–Kier alpha value is -1.67. The second-order valence-corrected chi connectivity index (χ2v) is 5.57. The maximum atomic E-state index is 12.3. The first-order valence-electron chi connectivity index (χ1n) is 7.46. The monoisotopic (exact) mass is 314 g/mol. The van der Waals surface area contributed by atoms with Gasteiger partial charge in [-0.1, -0.05) is 0 Å². The fraction of sp³-hybridized carbons (Fsp3) is 0.786. The van der Waals surface area contributed by atoms with Gasteiger partial charge in [-0.3, -0.25) is 14.4 Å². The number of aliphatic carboxylic acids is 1. The van der Waals surface area contributed by atoms with E-state index in [4.69, 9.17) is 14.6 Å². The van der Waals surface area contributed by atoms with E-state index in [2.05, 4.69) is 0 Å². The molecule has 8 nitrogen and oxygen atoms in total. The summed E-state index contributed by atoms with van der Waals surface area (Å²) < 4.78 is 11.0. The van der Waals surface area contributed by atoms with Crippen molar-refractivity contribution in [3.63, 3.8) is 0 Å². The summed E-state index contributed by atoms with van der Waals surface area (Å²) in [6, 6.07) is 0. The largest absolute Gasteiger partial charge is 0.480 e. The first kappa shape index (κ1) is 16.7. The van der Waals surface area contributed by atoms with Gasteiger partial charge >= 0.3 is 5.97 Å². The summed E-state index contributed by atoms with van der Waals surface area (Å²) in [5, 5.41) is 8.83. The van der Waals surface area contributed by atoms with Crippen molar-refractivity contribution in [2.75, 3.05) is 39.4 Å². The van der Waals surface area contributed by atoms with Crippen molar-refractivity contribution < 1.29 is 29.0 Å². The third-order valence-corrected chi connectivity index (χ3v) is 3.85. The van der Waals surface area contributed by atoms with Crippen LogP contribution in [0.2, 0.25) is 0 Å². The molecule has 1 N–H and O–H groups in total. The summed E-state index contributed by atoms with van der Waals surface area (Å²) in [5.74, 6) is -1.44. The van der Waals surface area contributed by atoms with Crippen LogP contribution in [0.25, 0.3) is 0 Å². The lowest BCUT2D eigenvalue weighted by Crippen LogP contribution is -2.53. The Balaban J connectivity index is 1.90. The summed E-state index contributed by atoms with van der Waals surface area (Å²) in [6.07, 6.45) is 0.879. The zero-order valence-electron chi connectivity index (χ0n) is 12.7. The van der Waals surface area contributed by atoms with Gasteiger partial charge in [0.1, 0.15) is 12.6 Å². The number of rotatable bonds is 5. The summed E-state index contributed by atoms with van der Waals surface area (Å²) >= 11 is 0. The molecule has 22 heavy (non-hydrogen) atoms. The van der Waals surface area contributed by atoms with Crippen LogP contribution in [0.4, 0.5) is 0 Å². The van der Waals surface area contributed by atoms with Gasteiger partial charge in [0.25, 0.3) is 5.91 Å². The minimum atomic E-state index is -1.07. The number of hydrogen-bond acceptors (Lipinski definition) is 5. The van der Waals surface area contributed by atoms with E-state index in [1.807, 2.05) is 0 Å². The molecule has 2 fully saturated rings. The first-order valence-corrected chi connectivity index (χ1v) is 7.46. The number of hydrogen-bond donors (Lipinski definition) is 1.